The number of carbonyl (C=O) groups is 1. The Kier molecular flexibility index (Phi) is 3.76. The zero-order valence-corrected chi connectivity index (χ0v) is 11.2. The van der Waals surface area contributed by atoms with E-state index in [0.717, 1.165) is 29.1 Å². The minimum Gasteiger partial charge on any atom is -0.398 e. The smallest absolute Gasteiger partial charge is 0.253 e. The van der Waals surface area contributed by atoms with Crippen LogP contribution < -0.4 is 5.73 Å². The summed E-state index contributed by atoms with van der Waals surface area (Å²) in [5, 5.41) is 0. The number of benzene rings is 1. The Morgan fingerprint density at radius 2 is 2.06 bits per heavy atom. The second kappa shape index (κ2) is 5.10. The van der Waals surface area contributed by atoms with Gasteiger partial charge in [-0.15, -0.1) is 0 Å². The molecule has 16 heavy (non-hydrogen) atoms. The second-order valence-corrected chi connectivity index (χ2v) is 5.72. The molecule has 0 radical (unpaired) electrons. The molecular formula is C11H13BrN2OS. The summed E-state index contributed by atoms with van der Waals surface area (Å²) in [6, 6.07) is 5.36. The van der Waals surface area contributed by atoms with Gasteiger partial charge in [-0.1, -0.05) is 0 Å². The molecular weight excluding hydrogens is 288 g/mol. The summed E-state index contributed by atoms with van der Waals surface area (Å²) in [5.41, 5.74) is 7.05. The molecule has 1 aromatic rings. The summed E-state index contributed by atoms with van der Waals surface area (Å²) < 4.78 is 0.832. The highest BCUT2D eigenvalue weighted by molar-refractivity contribution is 9.10. The molecule has 0 bridgehead atoms. The number of nitrogens with zero attached hydrogens (tertiary/aromatic N) is 1. The van der Waals surface area contributed by atoms with Crippen LogP contribution in [0, 0.1) is 0 Å². The maximum Gasteiger partial charge on any atom is 0.253 e. The van der Waals surface area contributed by atoms with Crippen LogP contribution >= 0.6 is 27.7 Å². The SMILES string of the molecule is Nc1cc(C(=O)N2CCSCC2)ccc1Br. The zero-order valence-electron chi connectivity index (χ0n) is 8.78. The van der Waals surface area contributed by atoms with Gasteiger partial charge in [0.15, 0.2) is 0 Å². The van der Waals surface area contributed by atoms with E-state index in [4.69, 9.17) is 5.73 Å². The standard InChI is InChI=1S/C11H13BrN2OS/c12-9-2-1-8(7-10(9)13)11(15)14-3-5-16-6-4-14/h1-2,7H,3-6,13H2. The topological polar surface area (TPSA) is 46.3 Å². The Hall–Kier alpha value is -0.680. The van der Waals surface area contributed by atoms with Gasteiger partial charge in [-0.25, -0.2) is 0 Å². The first-order valence-corrected chi connectivity index (χ1v) is 7.05. The van der Waals surface area contributed by atoms with Crippen molar-refractivity contribution >= 4 is 39.3 Å². The number of carbonyl (C=O) groups excluding carboxylic acids is 1. The Balaban J connectivity index is 2.16. The third kappa shape index (κ3) is 2.52. The van der Waals surface area contributed by atoms with Gasteiger partial charge in [-0.3, -0.25) is 4.79 Å². The van der Waals surface area contributed by atoms with E-state index < -0.39 is 0 Å². The van der Waals surface area contributed by atoms with E-state index >= 15 is 0 Å². The van der Waals surface area contributed by atoms with Gasteiger partial charge in [0.1, 0.15) is 0 Å². The van der Waals surface area contributed by atoms with Crippen molar-refractivity contribution in [2.75, 3.05) is 30.3 Å². The fourth-order valence-electron chi connectivity index (χ4n) is 1.63. The van der Waals surface area contributed by atoms with Crippen LogP contribution in [0.1, 0.15) is 10.4 Å². The minimum atomic E-state index is 0.0829. The number of hydrogen-bond acceptors (Lipinski definition) is 3. The number of nitrogens with two attached hydrogens (primary N) is 1. The molecule has 2 N–H and O–H groups in total. The van der Waals surface area contributed by atoms with Crippen LogP contribution in [-0.4, -0.2) is 35.4 Å². The number of rotatable bonds is 1. The van der Waals surface area contributed by atoms with Crippen molar-refractivity contribution in [3.63, 3.8) is 0 Å². The Labute approximate surface area is 108 Å². The van der Waals surface area contributed by atoms with Crippen LogP contribution in [0.15, 0.2) is 22.7 Å². The summed E-state index contributed by atoms with van der Waals surface area (Å²) in [6.45, 7) is 1.67. The highest BCUT2D eigenvalue weighted by Crippen LogP contribution is 2.21. The van der Waals surface area contributed by atoms with E-state index in [9.17, 15) is 4.79 Å². The van der Waals surface area contributed by atoms with E-state index in [1.54, 1.807) is 6.07 Å². The molecule has 3 nitrogen and oxygen atoms in total. The minimum absolute atomic E-state index is 0.0829. The molecule has 1 amide bonds. The second-order valence-electron chi connectivity index (χ2n) is 3.64. The summed E-state index contributed by atoms with van der Waals surface area (Å²) >= 11 is 5.21. The third-order valence-electron chi connectivity index (χ3n) is 2.54. The monoisotopic (exact) mass is 300 g/mol. The largest absolute Gasteiger partial charge is 0.398 e. The average Bonchev–Trinajstić information content (AvgIpc) is 2.33. The van der Waals surface area contributed by atoms with Crippen LogP contribution in [0.4, 0.5) is 5.69 Å². The number of amides is 1. The molecule has 0 aliphatic carbocycles. The zero-order chi connectivity index (χ0) is 11.5. The van der Waals surface area contributed by atoms with Crippen LogP contribution in [0.2, 0.25) is 0 Å². The first-order chi connectivity index (χ1) is 7.68. The lowest BCUT2D eigenvalue weighted by molar-refractivity contribution is 0.0772. The maximum absolute atomic E-state index is 12.1. The van der Waals surface area contributed by atoms with E-state index in [2.05, 4.69) is 15.9 Å². The molecule has 0 atom stereocenters. The van der Waals surface area contributed by atoms with Gasteiger partial charge >= 0.3 is 0 Å². The lowest BCUT2D eigenvalue weighted by Gasteiger charge is -2.26. The van der Waals surface area contributed by atoms with Crippen molar-refractivity contribution in [1.29, 1.82) is 0 Å². The van der Waals surface area contributed by atoms with E-state index in [1.165, 1.54) is 0 Å². The number of thioether (sulfide) groups is 1. The molecule has 0 aromatic heterocycles. The van der Waals surface area contributed by atoms with Gasteiger partial charge in [0, 0.05) is 40.3 Å². The van der Waals surface area contributed by atoms with Crippen molar-refractivity contribution < 1.29 is 4.79 Å². The Bertz CT molecular complexity index is 405. The van der Waals surface area contributed by atoms with Crippen LogP contribution in [0.3, 0.4) is 0 Å². The van der Waals surface area contributed by atoms with E-state index in [1.807, 2.05) is 28.8 Å². The summed E-state index contributed by atoms with van der Waals surface area (Å²) in [7, 11) is 0. The van der Waals surface area contributed by atoms with E-state index in [-0.39, 0.29) is 5.91 Å². The van der Waals surface area contributed by atoms with Crippen molar-refractivity contribution in [1.82, 2.24) is 4.90 Å². The average molecular weight is 301 g/mol. The highest BCUT2D eigenvalue weighted by Gasteiger charge is 2.18. The first-order valence-electron chi connectivity index (χ1n) is 5.10. The molecule has 0 spiro atoms. The van der Waals surface area contributed by atoms with E-state index in [0.29, 0.717) is 11.3 Å². The molecule has 1 heterocycles. The molecule has 1 saturated heterocycles. The quantitative estimate of drug-likeness (QED) is 0.809. The van der Waals surface area contributed by atoms with Gasteiger partial charge in [0.05, 0.1) is 0 Å². The fourth-order valence-corrected chi connectivity index (χ4v) is 2.78. The molecule has 1 aliphatic rings. The molecule has 86 valence electrons. The number of anilines is 1. The molecule has 0 saturated carbocycles. The highest BCUT2D eigenvalue weighted by atomic mass is 79.9. The summed E-state index contributed by atoms with van der Waals surface area (Å²) in [6.07, 6.45) is 0. The van der Waals surface area contributed by atoms with Crippen molar-refractivity contribution in [3.8, 4) is 0 Å². The Morgan fingerprint density at radius 3 is 2.69 bits per heavy atom. The molecule has 0 unspecified atom stereocenters. The molecule has 5 heteroatoms. The van der Waals surface area contributed by atoms with Gasteiger partial charge in [0.25, 0.3) is 5.91 Å². The van der Waals surface area contributed by atoms with Gasteiger partial charge in [-0.2, -0.15) is 11.8 Å². The summed E-state index contributed by atoms with van der Waals surface area (Å²) in [4.78, 5) is 14.0. The van der Waals surface area contributed by atoms with Crippen LogP contribution in [0.5, 0.6) is 0 Å². The normalized spacial score (nSPS) is 16.2. The van der Waals surface area contributed by atoms with Crippen molar-refractivity contribution in [2.24, 2.45) is 0 Å². The van der Waals surface area contributed by atoms with Crippen LogP contribution in [0.25, 0.3) is 0 Å². The molecule has 1 aromatic carbocycles. The molecule has 1 aliphatic heterocycles. The molecule has 2 rings (SSSR count). The van der Waals surface area contributed by atoms with Crippen molar-refractivity contribution in [3.05, 3.63) is 28.2 Å². The number of hydrogen-bond donors (Lipinski definition) is 1. The lowest BCUT2D eigenvalue weighted by atomic mass is 10.2. The summed E-state index contributed by atoms with van der Waals surface area (Å²) in [5.74, 6) is 2.13. The fraction of sp³-hybridized carbons (Fsp3) is 0.364. The third-order valence-corrected chi connectivity index (χ3v) is 4.21. The first kappa shape index (κ1) is 11.8. The predicted molar refractivity (Wildman–Crippen MR) is 71.8 cm³/mol. The van der Waals surface area contributed by atoms with Gasteiger partial charge in [0.2, 0.25) is 0 Å². The molecule has 1 fully saturated rings. The lowest BCUT2D eigenvalue weighted by Crippen LogP contribution is -2.37. The Morgan fingerprint density at radius 1 is 1.38 bits per heavy atom. The van der Waals surface area contributed by atoms with Gasteiger partial charge < -0.3 is 10.6 Å². The van der Waals surface area contributed by atoms with Crippen LogP contribution in [-0.2, 0) is 0 Å². The number of halogens is 1. The van der Waals surface area contributed by atoms with Crippen molar-refractivity contribution in [2.45, 2.75) is 0 Å². The maximum atomic E-state index is 12.1. The number of nitrogen functional groups attached to an aromatic ring is 1. The predicted octanol–water partition coefficient (Wildman–Crippen LogP) is 2.22. The van der Waals surface area contributed by atoms with Gasteiger partial charge in [-0.05, 0) is 34.1 Å².